The Labute approximate surface area is 99.2 Å². The van der Waals surface area contributed by atoms with Gasteiger partial charge in [-0.1, -0.05) is 26.0 Å². The monoisotopic (exact) mass is 221 g/mol. The van der Waals surface area contributed by atoms with Crippen LogP contribution in [0.2, 0.25) is 0 Å². The second-order valence-electron chi connectivity index (χ2n) is 4.98. The van der Waals surface area contributed by atoms with Crippen molar-refractivity contribution >= 4 is 0 Å². The molecule has 0 unspecified atom stereocenters. The summed E-state index contributed by atoms with van der Waals surface area (Å²) in [5.74, 6) is 1.68. The molecule has 0 aromatic heterocycles. The zero-order valence-electron chi connectivity index (χ0n) is 11.1. The number of benzene rings is 1. The number of ether oxygens (including phenoxy) is 1. The Morgan fingerprint density at radius 2 is 1.94 bits per heavy atom. The summed E-state index contributed by atoms with van der Waals surface area (Å²) in [6.07, 6.45) is 1.13. The van der Waals surface area contributed by atoms with Crippen molar-refractivity contribution in [2.24, 2.45) is 5.92 Å². The van der Waals surface area contributed by atoms with Crippen LogP contribution >= 0.6 is 0 Å². The van der Waals surface area contributed by atoms with Gasteiger partial charge in [-0.05, 0) is 38.1 Å². The predicted octanol–water partition coefficient (Wildman–Crippen LogP) is 2.96. The topological polar surface area (TPSA) is 12.5 Å². The van der Waals surface area contributed by atoms with Crippen LogP contribution in [0.1, 0.15) is 25.0 Å². The van der Waals surface area contributed by atoms with E-state index in [1.807, 2.05) is 0 Å². The Morgan fingerprint density at radius 1 is 1.25 bits per heavy atom. The summed E-state index contributed by atoms with van der Waals surface area (Å²) in [6.45, 7) is 5.42. The summed E-state index contributed by atoms with van der Waals surface area (Å²) in [5, 5.41) is 0. The second-order valence-corrected chi connectivity index (χ2v) is 4.98. The highest BCUT2D eigenvalue weighted by molar-refractivity contribution is 5.37. The lowest BCUT2D eigenvalue weighted by Gasteiger charge is -2.15. The van der Waals surface area contributed by atoms with Gasteiger partial charge in [-0.2, -0.15) is 0 Å². The molecule has 0 atom stereocenters. The quantitative estimate of drug-likeness (QED) is 0.758. The van der Waals surface area contributed by atoms with Crippen LogP contribution in [0.5, 0.6) is 5.75 Å². The molecule has 1 aromatic rings. The Balaban J connectivity index is 2.91. The fourth-order valence-corrected chi connectivity index (χ4v) is 1.89. The number of hydrogen-bond acceptors (Lipinski definition) is 2. The molecule has 16 heavy (non-hydrogen) atoms. The molecule has 0 radical (unpaired) electrons. The summed E-state index contributed by atoms with van der Waals surface area (Å²) in [5.41, 5.74) is 2.67. The molecule has 0 aliphatic rings. The van der Waals surface area contributed by atoms with Gasteiger partial charge >= 0.3 is 0 Å². The highest BCUT2D eigenvalue weighted by Crippen LogP contribution is 2.22. The zero-order valence-corrected chi connectivity index (χ0v) is 11.1. The molecule has 0 aliphatic carbocycles. The van der Waals surface area contributed by atoms with Crippen molar-refractivity contribution in [2.75, 3.05) is 21.2 Å². The molecule has 90 valence electrons. The standard InChI is InChI=1S/C14H23NO/c1-11(2)8-12-6-7-14(16-5)13(9-12)10-15(3)4/h6-7,9,11H,8,10H2,1-5H3. The third-order valence-electron chi connectivity index (χ3n) is 2.48. The van der Waals surface area contributed by atoms with Gasteiger partial charge in [-0.15, -0.1) is 0 Å². The van der Waals surface area contributed by atoms with Crippen LogP contribution in [-0.4, -0.2) is 26.1 Å². The highest BCUT2D eigenvalue weighted by Gasteiger charge is 2.06. The van der Waals surface area contributed by atoms with Crippen molar-refractivity contribution < 1.29 is 4.74 Å². The summed E-state index contributed by atoms with van der Waals surface area (Å²) in [6, 6.07) is 6.51. The zero-order chi connectivity index (χ0) is 12.1. The molecule has 0 saturated heterocycles. The first-order valence-electron chi connectivity index (χ1n) is 5.83. The van der Waals surface area contributed by atoms with Gasteiger partial charge in [0.15, 0.2) is 0 Å². The average Bonchev–Trinajstić information content (AvgIpc) is 2.16. The molecule has 0 bridgehead atoms. The first-order chi connectivity index (χ1) is 7.52. The number of methoxy groups -OCH3 is 1. The van der Waals surface area contributed by atoms with E-state index in [0.29, 0.717) is 5.92 Å². The van der Waals surface area contributed by atoms with Crippen molar-refractivity contribution in [3.05, 3.63) is 29.3 Å². The molecule has 2 nitrogen and oxygen atoms in total. The minimum Gasteiger partial charge on any atom is -0.496 e. The van der Waals surface area contributed by atoms with E-state index in [4.69, 9.17) is 4.74 Å². The fourth-order valence-electron chi connectivity index (χ4n) is 1.89. The first kappa shape index (κ1) is 13.0. The Hall–Kier alpha value is -1.02. The number of rotatable bonds is 5. The molecular formula is C14H23NO. The van der Waals surface area contributed by atoms with Crippen molar-refractivity contribution in [1.29, 1.82) is 0 Å². The molecule has 0 saturated carbocycles. The van der Waals surface area contributed by atoms with Crippen LogP contribution in [0, 0.1) is 5.92 Å². The minimum atomic E-state index is 0.695. The van der Waals surface area contributed by atoms with E-state index in [0.717, 1.165) is 18.7 Å². The van der Waals surface area contributed by atoms with E-state index >= 15 is 0 Å². The van der Waals surface area contributed by atoms with E-state index in [9.17, 15) is 0 Å². The van der Waals surface area contributed by atoms with Gasteiger partial charge in [-0.25, -0.2) is 0 Å². The lowest BCUT2D eigenvalue weighted by atomic mass is 10.0. The van der Waals surface area contributed by atoms with Gasteiger partial charge in [-0.3, -0.25) is 0 Å². The maximum absolute atomic E-state index is 5.38. The molecule has 0 amide bonds. The summed E-state index contributed by atoms with van der Waals surface area (Å²) in [7, 11) is 5.89. The molecule has 2 heteroatoms. The average molecular weight is 221 g/mol. The smallest absolute Gasteiger partial charge is 0.123 e. The van der Waals surface area contributed by atoms with Gasteiger partial charge < -0.3 is 9.64 Å². The Kier molecular flexibility index (Phi) is 4.81. The summed E-state index contributed by atoms with van der Waals surface area (Å²) < 4.78 is 5.38. The van der Waals surface area contributed by atoms with Crippen molar-refractivity contribution in [2.45, 2.75) is 26.8 Å². The maximum Gasteiger partial charge on any atom is 0.123 e. The third-order valence-corrected chi connectivity index (χ3v) is 2.48. The van der Waals surface area contributed by atoms with Crippen LogP contribution in [0.25, 0.3) is 0 Å². The second kappa shape index (κ2) is 5.90. The van der Waals surface area contributed by atoms with E-state index < -0.39 is 0 Å². The lowest BCUT2D eigenvalue weighted by Crippen LogP contribution is -2.12. The third kappa shape index (κ3) is 3.86. The largest absolute Gasteiger partial charge is 0.496 e. The Bertz CT molecular complexity index is 332. The normalized spacial score (nSPS) is 11.2. The molecule has 1 aromatic carbocycles. The number of nitrogens with zero attached hydrogens (tertiary/aromatic N) is 1. The van der Waals surface area contributed by atoms with Crippen LogP contribution in [0.3, 0.4) is 0 Å². The predicted molar refractivity (Wildman–Crippen MR) is 68.9 cm³/mol. The Morgan fingerprint density at radius 3 is 2.44 bits per heavy atom. The molecule has 0 spiro atoms. The summed E-state index contributed by atoms with van der Waals surface area (Å²) in [4.78, 5) is 2.16. The van der Waals surface area contributed by atoms with Crippen LogP contribution in [-0.2, 0) is 13.0 Å². The van der Waals surface area contributed by atoms with Gasteiger partial charge in [0, 0.05) is 12.1 Å². The molecule has 1 rings (SSSR count). The van der Waals surface area contributed by atoms with Crippen LogP contribution < -0.4 is 4.74 Å². The van der Waals surface area contributed by atoms with Gasteiger partial charge in [0.2, 0.25) is 0 Å². The lowest BCUT2D eigenvalue weighted by molar-refractivity contribution is 0.371. The van der Waals surface area contributed by atoms with E-state index in [1.54, 1.807) is 7.11 Å². The summed E-state index contributed by atoms with van der Waals surface area (Å²) >= 11 is 0. The van der Waals surface area contributed by atoms with E-state index in [-0.39, 0.29) is 0 Å². The molecule has 0 heterocycles. The van der Waals surface area contributed by atoms with Crippen LogP contribution in [0.15, 0.2) is 18.2 Å². The fraction of sp³-hybridized carbons (Fsp3) is 0.571. The SMILES string of the molecule is COc1ccc(CC(C)C)cc1CN(C)C. The molecule has 0 aliphatic heterocycles. The van der Waals surface area contributed by atoms with E-state index in [2.05, 4.69) is 51.0 Å². The molecular weight excluding hydrogens is 198 g/mol. The van der Waals surface area contributed by atoms with Gasteiger partial charge in [0.1, 0.15) is 5.75 Å². The molecule has 0 fully saturated rings. The molecule has 0 N–H and O–H groups in total. The first-order valence-corrected chi connectivity index (χ1v) is 5.83. The minimum absolute atomic E-state index is 0.695. The highest BCUT2D eigenvalue weighted by atomic mass is 16.5. The van der Waals surface area contributed by atoms with E-state index in [1.165, 1.54) is 11.1 Å². The van der Waals surface area contributed by atoms with Crippen LogP contribution in [0.4, 0.5) is 0 Å². The van der Waals surface area contributed by atoms with Gasteiger partial charge in [0.25, 0.3) is 0 Å². The van der Waals surface area contributed by atoms with Crippen molar-refractivity contribution in [1.82, 2.24) is 4.90 Å². The van der Waals surface area contributed by atoms with Gasteiger partial charge in [0.05, 0.1) is 7.11 Å². The maximum atomic E-state index is 5.38. The van der Waals surface area contributed by atoms with Crippen molar-refractivity contribution in [3.63, 3.8) is 0 Å². The van der Waals surface area contributed by atoms with Crippen molar-refractivity contribution in [3.8, 4) is 5.75 Å². The number of hydrogen-bond donors (Lipinski definition) is 0.